The Morgan fingerprint density at radius 1 is 0.913 bits per heavy atom. The third-order valence-electron chi connectivity index (χ3n) is 4.87. The average molecular weight is 321 g/mol. The van der Waals surface area contributed by atoms with Crippen LogP contribution in [0.25, 0.3) is 11.1 Å². The molecule has 1 aliphatic carbocycles. The molecule has 0 saturated heterocycles. The van der Waals surface area contributed by atoms with E-state index in [1.165, 1.54) is 6.07 Å². The van der Waals surface area contributed by atoms with Crippen molar-refractivity contribution in [1.82, 2.24) is 0 Å². The quantitative estimate of drug-likeness (QED) is 0.685. The summed E-state index contributed by atoms with van der Waals surface area (Å²) in [4.78, 5) is 0. The Morgan fingerprint density at radius 3 is 2.09 bits per heavy atom. The normalized spacial score (nSPS) is 21.4. The molecule has 4 heteroatoms. The highest BCUT2D eigenvalue weighted by molar-refractivity contribution is 5.67. The lowest BCUT2D eigenvalue weighted by Gasteiger charge is -2.26. The van der Waals surface area contributed by atoms with Crippen molar-refractivity contribution in [2.75, 3.05) is 5.73 Å². The van der Waals surface area contributed by atoms with E-state index in [0.717, 1.165) is 49.3 Å². The monoisotopic (exact) mass is 321 g/mol. The molecule has 0 radical (unpaired) electrons. The van der Waals surface area contributed by atoms with Crippen molar-refractivity contribution in [2.24, 2.45) is 5.92 Å². The van der Waals surface area contributed by atoms with E-state index in [-0.39, 0.29) is 12.6 Å². The number of halogens is 3. The molecule has 3 rings (SSSR count). The van der Waals surface area contributed by atoms with Gasteiger partial charge in [-0.05, 0) is 54.0 Å². The number of rotatable bonds is 2. The molecule has 124 valence electrons. The number of nitrogens with two attached hydrogens (primary N) is 1. The van der Waals surface area contributed by atoms with Gasteiger partial charge in [-0.25, -0.2) is 13.2 Å². The molecular weight excluding hydrogens is 299 g/mol. The first-order valence-electron chi connectivity index (χ1n) is 8.00. The van der Waals surface area contributed by atoms with Crippen LogP contribution in [-0.4, -0.2) is 0 Å². The highest BCUT2D eigenvalue weighted by Crippen LogP contribution is 2.37. The summed E-state index contributed by atoms with van der Waals surface area (Å²) in [5, 5.41) is 0. The maximum atomic E-state index is 14.5. The van der Waals surface area contributed by atoms with Crippen molar-refractivity contribution in [3.05, 3.63) is 53.3 Å². The number of hydrogen-bond acceptors (Lipinski definition) is 1. The predicted octanol–water partition coefficient (Wildman–Crippen LogP) is 5.89. The van der Waals surface area contributed by atoms with Crippen molar-refractivity contribution in [3.63, 3.8) is 0 Å². The van der Waals surface area contributed by atoms with Crippen LogP contribution in [0.1, 0.15) is 45.5 Å². The summed E-state index contributed by atoms with van der Waals surface area (Å²) in [5.41, 5.74) is 6.04. The van der Waals surface area contributed by atoms with E-state index in [2.05, 4.69) is 6.92 Å². The fourth-order valence-electron chi connectivity index (χ4n) is 3.35. The third kappa shape index (κ3) is 3.21. The molecule has 1 saturated carbocycles. The summed E-state index contributed by atoms with van der Waals surface area (Å²) in [7, 11) is 0. The van der Waals surface area contributed by atoms with E-state index in [1.807, 2.05) is 6.07 Å². The first-order valence-corrected chi connectivity index (χ1v) is 8.00. The van der Waals surface area contributed by atoms with Crippen molar-refractivity contribution in [1.29, 1.82) is 0 Å². The summed E-state index contributed by atoms with van der Waals surface area (Å²) in [5.74, 6) is -1.09. The van der Waals surface area contributed by atoms with Crippen LogP contribution >= 0.6 is 0 Å². The van der Waals surface area contributed by atoms with E-state index >= 15 is 0 Å². The van der Waals surface area contributed by atoms with E-state index in [0.29, 0.717) is 5.92 Å². The number of hydrogen-bond donors (Lipinski definition) is 1. The number of anilines is 1. The number of benzene rings is 2. The third-order valence-corrected chi connectivity index (χ3v) is 4.87. The Morgan fingerprint density at radius 2 is 1.52 bits per heavy atom. The molecule has 2 aromatic carbocycles. The zero-order chi connectivity index (χ0) is 16.6. The van der Waals surface area contributed by atoms with Crippen LogP contribution in [0.15, 0.2) is 30.3 Å². The van der Waals surface area contributed by atoms with Gasteiger partial charge in [0.2, 0.25) is 0 Å². The van der Waals surface area contributed by atoms with E-state index in [9.17, 15) is 13.2 Å². The van der Waals surface area contributed by atoms with Gasteiger partial charge in [0.25, 0.3) is 0 Å². The molecule has 2 aromatic rings. The van der Waals surface area contributed by atoms with Crippen LogP contribution in [0.3, 0.4) is 0 Å². The van der Waals surface area contributed by atoms with Gasteiger partial charge in [0, 0.05) is 6.99 Å². The molecule has 0 amide bonds. The van der Waals surface area contributed by atoms with Crippen LogP contribution in [-0.2, 0) is 0 Å². The lowest BCUT2D eigenvalue weighted by Crippen LogP contribution is -2.11. The zero-order valence-electron chi connectivity index (χ0n) is 13.1. The Balaban J connectivity index is 0.00000208. The predicted molar refractivity (Wildman–Crippen MR) is 88.7 cm³/mol. The molecule has 23 heavy (non-hydrogen) atoms. The van der Waals surface area contributed by atoms with Gasteiger partial charge < -0.3 is 5.73 Å². The number of nitrogen functional groups attached to an aromatic ring is 1. The fraction of sp³-hybridized carbons (Fsp3) is 0.368. The Kier molecular flexibility index (Phi) is 4.33. The molecule has 0 bridgehead atoms. The van der Waals surface area contributed by atoms with Crippen LogP contribution in [0.4, 0.5) is 18.9 Å². The van der Waals surface area contributed by atoms with Gasteiger partial charge in [0.05, 0.1) is 0 Å². The van der Waals surface area contributed by atoms with E-state index < -0.39 is 23.1 Å². The van der Waals surface area contributed by atoms with E-state index in [1.54, 1.807) is 6.07 Å². The second-order valence-electron chi connectivity index (χ2n) is 6.55. The summed E-state index contributed by atoms with van der Waals surface area (Å²) < 4.78 is 41.6. The van der Waals surface area contributed by atoms with Crippen LogP contribution in [0, 0.1) is 23.4 Å². The van der Waals surface area contributed by atoms with Crippen molar-refractivity contribution >= 4 is 5.69 Å². The van der Waals surface area contributed by atoms with Gasteiger partial charge in [-0.3, -0.25) is 0 Å². The SMILES string of the molecule is CC1CCC(c2ccc(-c3cc(F)c(N)c(F)c3)c(F)c2)CC1.[HH]. The summed E-state index contributed by atoms with van der Waals surface area (Å²) >= 11 is 0. The maximum Gasteiger partial charge on any atom is 0.149 e. The highest BCUT2D eigenvalue weighted by Gasteiger charge is 2.21. The molecular formula is C19H22F3N. The van der Waals surface area contributed by atoms with Gasteiger partial charge in [-0.15, -0.1) is 0 Å². The molecule has 1 fully saturated rings. The minimum absolute atomic E-state index is 0. The molecule has 0 unspecified atom stereocenters. The molecule has 0 heterocycles. The average Bonchev–Trinajstić information content (AvgIpc) is 2.53. The van der Waals surface area contributed by atoms with Crippen LogP contribution < -0.4 is 5.73 Å². The summed E-state index contributed by atoms with van der Waals surface area (Å²) in [6.07, 6.45) is 4.43. The second-order valence-corrected chi connectivity index (χ2v) is 6.55. The summed E-state index contributed by atoms with van der Waals surface area (Å²) in [6, 6.07) is 7.11. The first kappa shape index (κ1) is 15.9. The van der Waals surface area contributed by atoms with Crippen molar-refractivity contribution in [3.8, 4) is 11.1 Å². The van der Waals surface area contributed by atoms with Gasteiger partial charge in [0.1, 0.15) is 23.1 Å². The standard InChI is InChI=1S/C19H20F3N.H2/c1-11-2-4-12(5-3-11)13-6-7-15(16(20)8-13)14-9-17(21)19(23)18(22)10-14;/h6-12H,2-5,23H2,1H3;1H. The zero-order valence-corrected chi connectivity index (χ0v) is 13.1. The molecule has 0 spiro atoms. The first-order chi connectivity index (χ1) is 11.0. The Labute approximate surface area is 135 Å². The smallest absolute Gasteiger partial charge is 0.149 e. The lowest BCUT2D eigenvalue weighted by atomic mass is 9.79. The highest BCUT2D eigenvalue weighted by atomic mass is 19.1. The molecule has 0 atom stereocenters. The fourth-order valence-corrected chi connectivity index (χ4v) is 3.35. The van der Waals surface area contributed by atoms with E-state index in [4.69, 9.17) is 5.73 Å². The minimum atomic E-state index is -0.871. The van der Waals surface area contributed by atoms with Gasteiger partial charge >= 0.3 is 0 Å². The topological polar surface area (TPSA) is 26.0 Å². The van der Waals surface area contributed by atoms with Crippen LogP contribution in [0.5, 0.6) is 0 Å². The largest absolute Gasteiger partial charge is 0.394 e. The minimum Gasteiger partial charge on any atom is -0.394 e. The molecule has 1 aliphatic rings. The molecule has 0 aliphatic heterocycles. The maximum absolute atomic E-state index is 14.5. The molecule has 2 N–H and O–H groups in total. The van der Waals surface area contributed by atoms with Crippen LogP contribution in [0.2, 0.25) is 0 Å². The lowest BCUT2D eigenvalue weighted by molar-refractivity contribution is 0.347. The molecule has 0 aromatic heterocycles. The Bertz CT molecular complexity index is 702. The van der Waals surface area contributed by atoms with Gasteiger partial charge in [-0.1, -0.05) is 31.9 Å². The summed E-state index contributed by atoms with van der Waals surface area (Å²) in [6.45, 7) is 2.24. The second kappa shape index (κ2) is 6.26. The van der Waals surface area contributed by atoms with Crippen molar-refractivity contribution in [2.45, 2.75) is 38.5 Å². The van der Waals surface area contributed by atoms with Crippen molar-refractivity contribution < 1.29 is 14.6 Å². The Hall–Kier alpha value is -1.97. The molecule has 1 nitrogen and oxygen atoms in total. The van der Waals surface area contributed by atoms with Gasteiger partial charge in [0.15, 0.2) is 0 Å². The van der Waals surface area contributed by atoms with Gasteiger partial charge in [-0.2, -0.15) is 0 Å².